The van der Waals surface area contributed by atoms with Gasteiger partial charge in [-0.25, -0.2) is 4.68 Å². The van der Waals surface area contributed by atoms with Crippen LogP contribution >= 0.6 is 0 Å². The molecule has 7 heteroatoms. The minimum absolute atomic E-state index is 0.0937. The van der Waals surface area contributed by atoms with Crippen molar-refractivity contribution in [1.82, 2.24) is 15.1 Å². The second kappa shape index (κ2) is 7.80. The maximum absolute atomic E-state index is 11.5. The van der Waals surface area contributed by atoms with Crippen molar-refractivity contribution in [3.8, 4) is 5.69 Å². The Bertz CT molecular complexity index is 931. The molecular formula is C22H30BN3O3. The Morgan fingerprint density at radius 3 is 2.38 bits per heavy atom. The molecule has 0 atom stereocenters. The van der Waals surface area contributed by atoms with Gasteiger partial charge in [0.05, 0.1) is 22.6 Å². The number of amides is 1. The molecule has 0 unspecified atom stereocenters. The maximum Gasteiger partial charge on any atom is 0.492 e. The van der Waals surface area contributed by atoms with E-state index >= 15 is 0 Å². The number of aromatic nitrogens is 2. The first-order valence-corrected chi connectivity index (χ1v) is 9.93. The summed E-state index contributed by atoms with van der Waals surface area (Å²) < 4.78 is 14.3. The zero-order valence-electron chi connectivity index (χ0n) is 18.4. The molecule has 1 saturated heterocycles. The molecule has 1 N–H and O–H groups in total. The molecule has 1 fully saturated rings. The van der Waals surface area contributed by atoms with Crippen molar-refractivity contribution in [1.29, 1.82) is 0 Å². The SMILES string of the molecule is CC(=O)NCC(=Cc1cccc(-n2nc(C)cc2C)c1)B1OC(C)(C)C(C)(C)O1. The van der Waals surface area contributed by atoms with Crippen LogP contribution in [0.2, 0.25) is 0 Å². The summed E-state index contributed by atoms with van der Waals surface area (Å²) in [6.07, 6.45) is 2.02. The fraction of sp³-hybridized carbons (Fsp3) is 0.455. The van der Waals surface area contributed by atoms with Crippen molar-refractivity contribution in [2.45, 2.75) is 59.7 Å². The van der Waals surface area contributed by atoms with Crippen molar-refractivity contribution in [2.75, 3.05) is 6.54 Å². The lowest BCUT2D eigenvalue weighted by atomic mass is 9.77. The van der Waals surface area contributed by atoms with Gasteiger partial charge in [-0.3, -0.25) is 4.79 Å². The first-order valence-electron chi connectivity index (χ1n) is 9.93. The second-order valence-corrected chi connectivity index (χ2v) is 8.65. The van der Waals surface area contributed by atoms with Gasteiger partial charge in [-0.05, 0) is 70.8 Å². The molecule has 1 aliphatic heterocycles. The molecule has 1 aromatic carbocycles. The smallest absolute Gasteiger partial charge is 0.400 e. The van der Waals surface area contributed by atoms with Crippen LogP contribution in [0.25, 0.3) is 11.8 Å². The maximum atomic E-state index is 11.5. The average molecular weight is 395 g/mol. The fourth-order valence-corrected chi connectivity index (χ4v) is 3.27. The topological polar surface area (TPSA) is 65.4 Å². The molecule has 0 radical (unpaired) electrons. The van der Waals surface area contributed by atoms with E-state index < -0.39 is 18.3 Å². The highest BCUT2D eigenvalue weighted by Gasteiger charge is 2.52. The van der Waals surface area contributed by atoms with Gasteiger partial charge in [-0.1, -0.05) is 18.2 Å². The summed E-state index contributed by atoms with van der Waals surface area (Å²) in [7, 11) is -0.524. The molecule has 1 aromatic heterocycles. The van der Waals surface area contributed by atoms with Crippen LogP contribution in [0.4, 0.5) is 0 Å². The number of rotatable bonds is 5. The van der Waals surface area contributed by atoms with E-state index in [1.54, 1.807) is 0 Å². The van der Waals surface area contributed by atoms with Gasteiger partial charge in [0.1, 0.15) is 0 Å². The molecule has 0 spiro atoms. The Morgan fingerprint density at radius 2 is 1.83 bits per heavy atom. The van der Waals surface area contributed by atoms with Gasteiger partial charge in [-0.15, -0.1) is 0 Å². The van der Waals surface area contributed by atoms with Gasteiger partial charge in [0.15, 0.2) is 0 Å². The number of benzene rings is 1. The second-order valence-electron chi connectivity index (χ2n) is 8.65. The normalized spacial score (nSPS) is 18.2. The number of aryl methyl sites for hydroxylation is 2. The predicted molar refractivity (Wildman–Crippen MR) is 116 cm³/mol. The van der Waals surface area contributed by atoms with Crippen LogP contribution < -0.4 is 5.32 Å². The summed E-state index contributed by atoms with van der Waals surface area (Å²) in [5.74, 6) is -0.0937. The molecular weight excluding hydrogens is 365 g/mol. The molecule has 1 aliphatic rings. The number of hydrogen-bond donors (Lipinski definition) is 1. The standard InChI is InChI=1S/C22H30BN3O3/c1-15-11-16(2)26(25-15)20-10-8-9-18(13-20)12-19(14-24-17(3)27)23-28-21(4,5)22(6,7)29-23/h8-13H,14H2,1-7H3,(H,24,27). The fourth-order valence-electron chi connectivity index (χ4n) is 3.27. The van der Waals surface area contributed by atoms with Crippen molar-refractivity contribution in [3.05, 3.63) is 52.8 Å². The van der Waals surface area contributed by atoms with Crippen LogP contribution in [0.3, 0.4) is 0 Å². The molecule has 154 valence electrons. The van der Waals surface area contributed by atoms with Gasteiger partial charge in [0, 0.05) is 19.2 Å². The van der Waals surface area contributed by atoms with Gasteiger partial charge < -0.3 is 14.6 Å². The molecule has 2 heterocycles. The van der Waals surface area contributed by atoms with Gasteiger partial charge in [0.2, 0.25) is 5.91 Å². The van der Waals surface area contributed by atoms with Crippen molar-refractivity contribution in [2.24, 2.45) is 0 Å². The summed E-state index contributed by atoms with van der Waals surface area (Å²) in [5.41, 5.74) is 4.00. The average Bonchev–Trinajstić information content (AvgIpc) is 3.06. The van der Waals surface area contributed by atoms with E-state index in [4.69, 9.17) is 9.31 Å². The summed E-state index contributed by atoms with van der Waals surface area (Å²) in [5, 5.41) is 7.44. The third kappa shape index (κ3) is 4.62. The van der Waals surface area contributed by atoms with E-state index in [-0.39, 0.29) is 5.91 Å². The molecule has 0 bridgehead atoms. The Balaban J connectivity index is 1.95. The molecule has 0 saturated carbocycles. The molecule has 6 nitrogen and oxygen atoms in total. The van der Waals surface area contributed by atoms with E-state index in [2.05, 4.69) is 22.5 Å². The van der Waals surface area contributed by atoms with E-state index in [1.807, 2.05) is 70.5 Å². The van der Waals surface area contributed by atoms with E-state index in [0.717, 1.165) is 28.1 Å². The van der Waals surface area contributed by atoms with Crippen LogP contribution in [-0.4, -0.2) is 40.6 Å². The third-order valence-electron chi connectivity index (χ3n) is 5.57. The van der Waals surface area contributed by atoms with Crippen LogP contribution in [0, 0.1) is 13.8 Å². The zero-order valence-corrected chi connectivity index (χ0v) is 18.4. The lowest BCUT2D eigenvalue weighted by Gasteiger charge is -2.32. The Morgan fingerprint density at radius 1 is 1.17 bits per heavy atom. The molecule has 0 aliphatic carbocycles. The first kappa shape index (κ1) is 21.3. The van der Waals surface area contributed by atoms with Crippen LogP contribution in [-0.2, 0) is 14.1 Å². The van der Waals surface area contributed by atoms with Crippen LogP contribution in [0.5, 0.6) is 0 Å². The van der Waals surface area contributed by atoms with Gasteiger partial charge in [0.25, 0.3) is 0 Å². The summed E-state index contributed by atoms with van der Waals surface area (Å²) in [6, 6.07) is 10.2. The Hall–Kier alpha value is -2.38. The molecule has 1 amide bonds. The summed E-state index contributed by atoms with van der Waals surface area (Å²) in [4.78, 5) is 11.5. The molecule has 2 aromatic rings. The number of nitrogens with one attached hydrogen (secondary N) is 1. The number of carbonyl (C=O) groups excluding carboxylic acids is 1. The summed E-state index contributed by atoms with van der Waals surface area (Å²) >= 11 is 0. The van der Waals surface area contributed by atoms with Crippen LogP contribution in [0.1, 0.15) is 51.6 Å². The van der Waals surface area contributed by atoms with E-state index in [9.17, 15) is 4.79 Å². The van der Waals surface area contributed by atoms with E-state index in [0.29, 0.717) is 6.54 Å². The lowest BCUT2D eigenvalue weighted by Crippen LogP contribution is -2.41. The monoisotopic (exact) mass is 395 g/mol. The number of carbonyl (C=O) groups is 1. The first-order chi connectivity index (χ1) is 13.5. The Labute approximate surface area is 173 Å². The van der Waals surface area contributed by atoms with Crippen molar-refractivity contribution in [3.63, 3.8) is 0 Å². The highest BCUT2D eigenvalue weighted by Crippen LogP contribution is 2.38. The minimum atomic E-state index is -0.524. The zero-order chi connectivity index (χ0) is 21.4. The summed E-state index contributed by atoms with van der Waals surface area (Å²) in [6.45, 7) is 14.0. The lowest BCUT2D eigenvalue weighted by molar-refractivity contribution is -0.118. The predicted octanol–water partition coefficient (Wildman–Crippen LogP) is 3.64. The highest BCUT2D eigenvalue weighted by molar-refractivity contribution is 6.56. The van der Waals surface area contributed by atoms with E-state index in [1.165, 1.54) is 6.92 Å². The number of nitrogens with zero attached hydrogens (tertiary/aromatic N) is 2. The quantitative estimate of drug-likeness (QED) is 0.786. The highest BCUT2D eigenvalue weighted by atomic mass is 16.7. The third-order valence-corrected chi connectivity index (χ3v) is 5.57. The Kier molecular flexibility index (Phi) is 5.74. The minimum Gasteiger partial charge on any atom is -0.400 e. The van der Waals surface area contributed by atoms with Crippen molar-refractivity contribution < 1.29 is 14.1 Å². The van der Waals surface area contributed by atoms with Gasteiger partial charge in [-0.2, -0.15) is 5.10 Å². The van der Waals surface area contributed by atoms with Crippen LogP contribution in [0.15, 0.2) is 35.8 Å². The van der Waals surface area contributed by atoms with Crippen molar-refractivity contribution >= 4 is 19.1 Å². The molecule has 3 rings (SSSR count). The largest absolute Gasteiger partial charge is 0.492 e. The van der Waals surface area contributed by atoms with Gasteiger partial charge >= 0.3 is 7.12 Å². The molecule has 29 heavy (non-hydrogen) atoms. The number of hydrogen-bond acceptors (Lipinski definition) is 4.